The molecule has 0 bridgehead atoms. The molecule has 0 spiro atoms. The van der Waals surface area contributed by atoms with E-state index < -0.39 is 16.3 Å². The van der Waals surface area contributed by atoms with Gasteiger partial charge in [-0.2, -0.15) is 12.7 Å². The molecule has 0 aromatic rings. The smallest absolute Gasteiger partial charge is 0.277 e. The molecule has 0 radical (unpaired) electrons. The summed E-state index contributed by atoms with van der Waals surface area (Å²) < 4.78 is 28.1. The Labute approximate surface area is 82.0 Å². The van der Waals surface area contributed by atoms with Gasteiger partial charge in [-0.25, -0.2) is 5.14 Å². The van der Waals surface area contributed by atoms with Crippen molar-refractivity contribution in [2.45, 2.75) is 6.10 Å². The number of thiocarbonyl (C=S) groups is 1. The fourth-order valence-electron chi connectivity index (χ4n) is 1.03. The largest absolute Gasteiger partial charge is 0.391 e. The van der Waals surface area contributed by atoms with Crippen LogP contribution >= 0.6 is 12.2 Å². The van der Waals surface area contributed by atoms with Gasteiger partial charge in [0.15, 0.2) is 0 Å². The highest BCUT2D eigenvalue weighted by Crippen LogP contribution is 2.07. The third-order valence-electron chi connectivity index (χ3n) is 1.71. The molecule has 1 atom stereocenters. The molecule has 1 rings (SSSR count). The first-order chi connectivity index (χ1) is 5.91. The summed E-state index contributed by atoms with van der Waals surface area (Å²) in [7, 11) is -3.65. The van der Waals surface area contributed by atoms with E-state index in [1.807, 2.05) is 0 Å². The third-order valence-corrected chi connectivity index (χ3v) is 3.02. The molecule has 1 unspecified atom stereocenters. The van der Waals surface area contributed by atoms with Crippen molar-refractivity contribution in [1.82, 2.24) is 4.31 Å². The Morgan fingerprint density at radius 1 is 1.62 bits per heavy atom. The zero-order chi connectivity index (χ0) is 10.1. The minimum atomic E-state index is -3.65. The molecule has 0 aromatic carbocycles. The average molecular weight is 225 g/mol. The summed E-state index contributed by atoms with van der Waals surface area (Å²) in [5.74, 6) is 0. The van der Waals surface area contributed by atoms with Crippen molar-refractivity contribution in [1.29, 1.82) is 0 Å². The summed E-state index contributed by atoms with van der Waals surface area (Å²) >= 11 is 4.68. The molecule has 76 valence electrons. The molecule has 0 saturated carbocycles. The summed E-state index contributed by atoms with van der Waals surface area (Å²) in [5.41, 5.74) is 5.32. The van der Waals surface area contributed by atoms with Crippen LogP contribution in [0, 0.1) is 0 Å². The van der Waals surface area contributed by atoms with E-state index in [0.717, 1.165) is 4.31 Å². The van der Waals surface area contributed by atoms with Crippen molar-refractivity contribution in [3.05, 3.63) is 0 Å². The SMILES string of the molecule is NC(=S)C1CN(S(N)(=O)=O)CCO1. The molecule has 1 aliphatic heterocycles. The number of rotatable bonds is 2. The van der Waals surface area contributed by atoms with Crippen LogP contribution in [0.2, 0.25) is 0 Å². The Morgan fingerprint density at radius 3 is 2.69 bits per heavy atom. The summed E-state index contributed by atoms with van der Waals surface area (Å²) in [6, 6.07) is 0. The molecule has 8 heteroatoms. The normalized spacial score (nSPS) is 25.8. The first kappa shape index (κ1) is 10.8. The van der Waals surface area contributed by atoms with Crippen molar-refractivity contribution in [3.63, 3.8) is 0 Å². The molecular weight excluding hydrogens is 214 g/mol. The Kier molecular flexibility index (Phi) is 3.19. The van der Waals surface area contributed by atoms with Crippen LogP contribution in [0.3, 0.4) is 0 Å². The van der Waals surface area contributed by atoms with Crippen LogP contribution in [0.1, 0.15) is 0 Å². The van der Waals surface area contributed by atoms with Gasteiger partial charge in [-0.05, 0) is 0 Å². The van der Waals surface area contributed by atoms with Gasteiger partial charge >= 0.3 is 0 Å². The van der Waals surface area contributed by atoms with Gasteiger partial charge in [0, 0.05) is 13.1 Å². The van der Waals surface area contributed by atoms with E-state index in [9.17, 15) is 8.42 Å². The van der Waals surface area contributed by atoms with E-state index >= 15 is 0 Å². The summed E-state index contributed by atoms with van der Waals surface area (Å²) in [5, 5.41) is 4.93. The zero-order valence-electron chi connectivity index (χ0n) is 6.84. The van der Waals surface area contributed by atoms with Crippen molar-refractivity contribution in [2.24, 2.45) is 10.9 Å². The molecule has 1 aliphatic rings. The van der Waals surface area contributed by atoms with E-state index in [1.165, 1.54) is 0 Å². The number of nitrogens with zero attached hydrogens (tertiary/aromatic N) is 1. The van der Waals surface area contributed by atoms with Crippen molar-refractivity contribution >= 4 is 27.4 Å². The summed E-state index contributed by atoms with van der Waals surface area (Å²) in [4.78, 5) is 0.147. The van der Waals surface area contributed by atoms with Crippen LogP contribution in [-0.4, -0.2) is 43.5 Å². The molecule has 0 aromatic heterocycles. The Morgan fingerprint density at radius 2 is 2.23 bits per heavy atom. The molecular formula is C5H11N3O3S2. The fourth-order valence-corrected chi connectivity index (χ4v) is 1.84. The number of morpholine rings is 1. The third kappa shape index (κ3) is 2.85. The second-order valence-electron chi connectivity index (χ2n) is 2.66. The van der Waals surface area contributed by atoms with Gasteiger partial charge in [0.25, 0.3) is 10.2 Å². The second-order valence-corrected chi connectivity index (χ2v) is 4.68. The highest BCUT2D eigenvalue weighted by molar-refractivity contribution is 7.86. The topological polar surface area (TPSA) is 98.6 Å². The van der Waals surface area contributed by atoms with Crippen molar-refractivity contribution in [3.8, 4) is 0 Å². The molecule has 4 N–H and O–H groups in total. The first-order valence-corrected chi connectivity index (χ1v) is 5.51. The number of hydrogen-bond donors (Lipinski definition) is 2. The lowest BCUT2D eigenvalue weighted by Gasteiger charge is -2.29. The fraction of sp³-hybridized carbons (Fsp3) is 0.800. The maximum Gasteiger partial charge on any atom is 0.277 e. The highest BCUT2D eigenvalue weighted by Gasteiger charge is 2.28. The first-order valence-electron chi connectivity index (χ1n) is 3.60. The minimum absolute atomic E-state index is 0.105. The van der Waals surface area contributed by atoms with Crippen LogP contribution in [0.15, 0.2) is 0 Å². The van der Waals surface area contributed by atoms with Gasteiger partial charge in [-0.1, -0.05) is 12.2 Å². The summed E-state index contributed by atoms with van der Waals surface area (Å²) in [6.07, 6.45) is -0.526. The minimum Gasteiger partial charge on any atom is -0.391 e. The van der Waals surface area contributed by atoms with Gasteiger partial charge in [0.1, 0.15) is 11.1 Å². The van der Waals surface area contributed by atoms with Gasteiger partial charge in [0.05, 0.1) is 6.61 Å². The van der Waals surface area contributed by atoms with Gasteiger partial charge < -0.3 is 10.5 Å². The predicted octanol–water partition coefficient (Wildman–Crippen LogP) is -1.82. The molecule has 1 fully saturated rings. The Balaban J connectivity index is 2.67. The molecule has 6 nitrogen and oxygen atoms in total. The summed E-state index contributed by atoms with van der Waals surface area (Å²) in [6.45, 7) is 0.616. The van der Waals surface area contributed by atoms with Crippen molar-refractivity contribution in [2.75, 3.05) is 19.7 Å². The molecule has 1 saturated heterocycles. The van der Waals surface area contributed by atoms with Gasteiger partial charge in [-0.3, -0.25) is 0 Å². The standard InChI is InChI=1S/C5H11N3O3S2/c6-5(12)4-3-8(1-2-11-4)13(7,9)10/h4H,1-3H2,(H2,6,12)(H2,7,9,10). The lowest BCUT2D eigenvalue weighted by atomic mass is 10.3. The number of hydrogen-bond acceptors (Lipinski definition) is 4. The second kappa shape index (κ2) is 3.84. The number of nitrogens with two attached hydrogens (primary N) is 2. The van der Waals surface area contributed by atoms with E-state index in [2.05, 4.69) is 12.2 Å². The van der Waals surface area contributed by atoms with Gasteiger partial charge in [0.2, 0.25) is 0 Å². The lowest BCUT2D eigenvalue weighted by molar-refractivity contribution is 0.0386. The van der Waals surface area contributed by atoms with Crippen LogP contribution in [-0.2, 0) is 14.9 Å². The van der Waals surface area contributed by atoms with E-state index in [1.54, 1.807) is 0 Å². The quantitative estimate of drug-likeness (QED) is 0.539. The van der Waals surface area contributed by atoms with Gasteiger partial charge in [-0.15, -0.1) is 0 Å². The molecule has 13 heavy (non-hydrogen) atoms. The molecule has 0 aliphatic carbocycles. The Bertz CT molecular complexity index is 302. The number of ether oxygens (including phenoxy) is 1. The lowest BCUT2D eigenvalue weighted by Crippen LogP contribution is -2.51. The predicted molar refractivity (Wildman–Crippen MR) is 51.2 cm³/mol. The highest BCUT2D eigenvalue weighted by atomic mass is 32.2. The molecule has 0 amide bonds. The van der Waals surface area contributed by atoms with Crippen LogP contribution < -0.4 is 10.9 Å². The maximum atomic E-state index is 10.9. The van der Waals surface area contributed by atoms with Crippen LogP contribution in [0.25, 0.3) is 0 Å². The average Bonchev–Trinajstić information content (AvgIpc) is 2.03. The molecule has 1 heterocycles. The van der Waals surface area contributed by atoms with Crippen LogP contribution in [0.4, 0.5) is 0 Å². The van der Waals surface area contributed by atoms with E-state index in [-0.39, 0.29) is 24.7 Å². The van der Waals surface area contributed by atoms with Crippen LogP contribution in [0.5, 0.6) is 0 Å². The van der Waals surface area contributed by atoms with Crippen molar-refractivity contribution < 1.29 is 13.2 Å². The zero-order valence-corrected chi connectivity index (χ0v) is 8.47. The Hall–Kier alpha value is -0.280. The monoisotopic (exact) mass is 225 g/mol. The maximum absolute atomic E-state index is 10.9. The van der Waals surface area contributed by atoms with E-state index in [0.29, 0.717) is 0 Å². The van der Waals surface area contributed by atoms with E-state index in [4.69, 9.17) is 15.6 Å².